The van der Waals surface area contributed by atoms with Crippen LogP contribution < -0.4 is 10.0 Å². The van der Waals surface area contributed by atoms with Crippen molar-refractivity contribution in [2.45, 2.75) is 38.6 Å². The Morgan fingerprint density at radius 1 is 1.04 bits per heavy atom. The molecule has 2 aromatic rings. The Balaban J connectivity index is 1.99. The first-order valence-corrected chi connectivity index (χ1v) is 10.8. The van der Waals surface area contributed by atoms with E-state index in [1.54, 1.807) is 26.0 Å². The summed E-state index contributed by atoms with van der Waals surface area (Å²) < 4.78 is 27.9. The third-order valence-electron chi connectivity index (χ3n) is 3.63. The van der Waals surface area contributed by atoms with E-state index in [0.717, 1.165) is 15.6 Å². The second-order valence-electron chi connectivity index (χ2n) is 6.38. The molecule has 7 heteroatoms. The standard InChI is InChI=1S/C19H23BrN2O3S/c1-14(2)22-26(24,25)13-17-6-4-3-5-16(17)12-21-19(23)11-15-7-9-18(20)10-8-15/h3-10,14,22H,11-13H2,1-2H3,(H,21,23). The molecule has 140 valence electrons. The van der Waals surface area contributed by atoms with E-state index >= 15 is 0 Å². The van der Waals surface area contributed by atoms with Gasteiger partial charge in [0, 0.05) is 17.1 Å². The van der Waals surface area contributed by atoms with Crippen molar-refractivity contribution in [3.8, 4) is 0 Å². The van der Waals surface area contributed by atoms with Gasteiger partial charge in [-0.25, -0.2) is 13.1 Å². The number of nitrogens with one attached hydrogen (secondary N) is 2. The molecule has 0 atom stereocenters. The highest BCUT2D eigenvalue weighted by Crippen LogP contribution is 2.13. The number of benzene rings is 2. The van der Waals surface area contributed by atoms with Gasteiger partial charge in [0.25, 0.3) is 0 Å². The summed E-state index contributed by atoms with van der Waals surface area (Å²) in [5, 5.41) is 2.86. The number of hydrogen-bond acceptors (Lipinski definition) is 3. The van der Waals surface area contributed by atoms with Gasteiger partial charge >= 0.3 is 0 Å². The van der Waals surface area contributed by atoms with Crippen molar-refractivity contribution in [1.29, 1.82) is 0 Å². The molecule has 2 rings (SSSR count). The fourth-order valence-corrected chi connectivity index (χ4v) is 4.28. The quantitative estimate of drug-likeness (QED) is 0.664. The van der Waals surface area contributed by atoms with Gasteiger partial charge < -0.3 is 5.32 Å². The number of rotatable bonds is 8. The van der Waals surface area contributed by atoms with Crippen molar-refractivity contribution >= 4 is 31.9 Å². The zero-order chi connectivity index (χ0) is 19.2. The maximum atomic E-state index is 12.2. The van der Waals surface area contributed by atoms with E-state index in [-0.39, 0.29) is 24.1 Å². The van der Waals surface area contributed by atoms with Crippen molar-refractivity contribution in [3.63, 3.8) is 0 Å². The van der Waals surface area contributed by atoms with Crippen LogP contribution in [0.1, 0.15) is 30.5 Å². The van der Waals surface area contributed by atoms with Gasteiger partial charge in [-0.2, -0.15) is 0 Å². The number of carbonyl (C=O) groups excluding carboxylic acids is 1. The first kappa shape index (κ1) is 20.6. The fourth-order valence-electron chi connectivity index (χ4n) is 2.52. The third kappa shape index (κ3) is 6.90. The lowest BCUT2D eigenvalue weighted by molar-refractivity contribution is -0.120. The van der Waals surface area contributed by atoms with Crippen molar-refractivity contribution in [1.82, 2.24) is 10.0 Å². The first-order chi connectivity index (χ1) is 12.2. The van der Waals surface area contributed by atoms with Crippen LogP contribution >= 0.6 is 15.9 Å². The SMILES string of the molecule is CC(C)NS(=O)(=O)Cc1ccccc1CNC(=O)Cc1ccc(Br)cc1. The Labute approximate surface area is 163 Å². The molecule has 0 unspecified atom stereocenters. The summed E-state index contributed by atoms with van der Waals surface area (Å²) in [6.07, 6.45) is 0.280. The fraction of sp³-hybridized carbons (Fsp3) is 0.316. The summed E-state index contributed by atoms with van der Waals surface area (Å²) >= 11 is 3.36. The van der Waals surface area contributed by atoms with Gasteiger partial charge in [-0.1, -0.05) is 52.3 Å². The summed E-state index contributed by atoms with van der Waals surface area (Å²) in [4.78, 5) is 12.2. The highest BCUT2D eigenvalue weighted by atomic mass is 79.9. The minimum atomic E-state index is -3.41. The summed E-state index contributed by atoms with van der Waals surface area (Å²) in [7, 11) is -3.41. The summed E-state index contributed by atoms with van der Waals surface area (Å²) in [6.45, 7) is 3.86. The lowest BCUT2D eigenvalue weighted by Crippen LogP contribution is -2.32. The average molecular weight is 439 g/mol. The molecule has 26 heavy (non-hydrogen) atoms. The molecule has 0 radical (unpaired) electrons. The Morgan fingerprint density at radius 3 is 2.27 bits per heavy atom. The van der Waals surface area contributed by atoms with Gasteiger partial charge in [-0.3, -0.25) is 4.79 Å². The Bertz CT molecular complexity index is 849. The molecular weight excluding hydrogens is 416 g/mol. The summed E-state index contributed by atoms with van der Waals surface area (Å²) in [5.41, 5.74) is 2.40. The molecule has 5 nitrogen and oxygen atoms in total. The average Bonchev–Trinajstić information content (AvgIpc) is 2.54. The molecule has 0 spiro atoms. The zero-order valence-corrected chi connectivity index (χ0v) is 17.2. The topological polar surface area (TPSA) is 75.3 Å². The molecule has 0 aliphatic carbocycles. The van der Waals surface area contributed by atoms with E-state index in [4.69, 9.17) is 0 Å². The molecule has 0 saturated carbocycles. The largest absolute Gasteiger partial charge is 0.352 e. The van der Waals surface area contributed by atoms with Crippen LogP contribution in [0, 0.1) is 0 Å². The van der Waals surface area contributed by atoms with Crippen LogP contribution in [-0.2, 0) is 33.5 Å². The highest BCUT2D eigenvalue weighted by molar-refractivity contribution is 9.10. The van der Waals surface area contributed by atoms with Crippen molar-refractivity contribution in [3.05, 3.63) is 69.7 Å². The van der Waals surface area contributed by atoms with Crippen molar-refractivity contribution in [2.75, 3.05) is 0 Å². The highest BCUT2D eigenvalue weighted by Gasteiger charge is 2.15. The van der Waals surface area contributed by atoms with Crippen molar-refractivity contribution in [2.24, 2.45) is 0 Å². The Morgan fingerprint density at radius 2 is 1.65 bits per heavy atom. The minimum absolute atomic E-state index is 0.106. The molecule has 1 amide bonds. The van der Waals surface area contributed by atoms with Gasteiger partial charge in [0.1, 0.15) is 0 Å². The minimum Gasteiger partial charge on any atom is -0.352 e. The number of carbonyl (C=O) groups is 1. The summed E-state index contributed by atoms with van der Waals surface area (Å²) in [6, 6.07) is 14.7. The first-order valence-electron chi connectivity index (χ1n) is 8.33. The van der Waals surface area contributed by atoms with E-state index < -0.39 is 10.0 Å². The molecule has 0 aliphatic rings. The molecule has 0 bridgehead atoms. The van der Waals surface area contributed by atoms with E-state index in [2.05, 4.69) is 26.0 Å². The molecule has 0 heterocycles. The number of halogens is 1. The summed E-state index contributed by atoms with van der Waals surface area (Å²) in [5.74, 6) is -0.213. The van der Waals surface area contributed by atoms with Crippen molar-refractivity contribution < 1.29 is 13.2 Å². The zero-order valence-electron chi connectivity index (χ0n) is 14.8. The number of hydrogen-bond donors (Lipinski definition) is 2. The molecular formula is C19H23BrN2O3S. The number of amides is 1. The maximum absolute atomic E-state index is 12.2. The van der Waals surface area contributed by atoms with Crippen LogP contribution in [0.15, 0.2) is 53.0 Å². The second kappa shape index (κ2) is 9.30. The van der Waals surface area contributed by atoms with E-state index in [1.165, 1.54) is 0 Å². The normalized spacial score (nSPS) is 11.5. The Hall–Kier alpha value is -1.70. The van der Waals surface area contributed by atoms with Gasteiger partial charge in [0.15, 0.2) is 0 Å². The van der Waals surface area contributed by atoms with Crippen LogP contribution in [0.4, 0.5) is 0 Å². The number of sulfonamides is 1. The van der Waals surface area contributed by atoms with Crippen LogP contribution in [0.3, 0.4) is 0 Å². The smallest absolute Gasteiger partial charge is 0.224 e. The monoisotopic (exact) mass is 438 g/mol. The lowest BCUT2D eigenvalue weighted by Gasteiger charge is -2.13. The van der Waals surface area contributed by atoms with E-state index in [1.807, 2.05) is 36.4 Å². The second-order valence-corrected chi connectivity index (χ2v) is 9.05. The molecule has 0 saturated heterocycles. The lowest BCUT2D eigenvalue weighted by atomic mass is 10.1. The Kier molecular flexibility index (Phi) is 7.37. The van der Waals surface area contributed by atoms with Gasteiger partial charge in [-0.15, -0.1) is 0 Å². The van der Waals surface area contributed by atoms with Gasteiger partial charge in [0.05, 0.1) is 12.2 Å². The van der Waals surface area contributed by atoms with Crippen LogP contribution in [0.5, 0.6) is 0 Å². The van der Waals surface area contributed by atoms with Crippen LogP contribution in [0.25, 0.3) is 0 Å². The van der Waals surface area contributed by atoms with Gasteiger partial charge in [-0.05, 0) is 42.7 Å². The predicted molar refractivity (Wildman–Crippen MR) is 107 cm³/mol. The predicted octanol–water partition coefficient (Wildman–Crippen LogP) is 3.14. The van der Waals surface area contributed by atoms with E-state index in [0.29, 0.717) is 12.1 Å². The molecule has 0 fully saturated rings. The van der Waals surface area contributed by atoms with Crippen LogP contribution in [-0.4, -0.2) is 20.4 Å². The van der Waals surface area contributed by atoms with Crippen LogP contribution in [0.2, 0.25) is 0 Å². The third-order valence-corrected chi connectivity index (χ3v) is 5.68. The maximum Gasteiger partial charge on any atom is 0.224 e. The van der Waals surface area contributed by atoms with E-state index in [9.17, 15) is 13.2 Å². The molecule has 0 aromatic heterocycles. The van der Waals surface area contributed by atoms with Gasteiger partial charge in [0.2, 0.25) is 15.9 Å². The molecule has 0 aliphatic heterocycles. The molecule has 2 N–H and O–H groups in total. The molecule has 2 aromatic carbocycles.